The van der Waals surface area contributed by atoms with Crippen LogP contribution < -0.4 is 20.1 Å². The number of hydrogen-bond acceptors (Lipinski definition) is 4. The number of anilines is 2. The summed E-state index contributed by atoms with van der Waals surface area (Å²) in [6, 6.07) is 35.4. The predicted molar refractivity (Wildman–Crippen MR) is 232 cm³/mol. The van der Waals surface area contributed by atoms with Crippen molar-refractivity contribution in [2.75, 3.05) is 10.6 Å². The Hall–Kier alpha value is -5.36. The maximum absolute atomic E-state index is 14.6. The van der Waals surface area contributed by atoms with E-state index in [1.165, 1.54) is 0 Å². The molecule has 0 unspecified atom stereocenters. The van der Waals surface area contributed by atoms with Crippen molar-refractivity contribution in [1.29, 1.82) is 0 Å². The number of para-hydroxylation sites is 2. The molecule has 6 heteroatoms. The number of benzene rings is 5. The summed E-state index contributed by atoms with van der Waals surface area (Å²) in [6.07, 6.45) is 0. The molecule has 0 aliphatic rings. The molecule has 0 bridgehead atoms. The van der Waals surface area contributed by atoms with Gasteiger partial charge in [0.25, 0.3) is 11.8 Å². The van der Waals surface area contributed by atoms with E-state index in [1.807, 2.05) is 84.9 Å². The summed E-state index contributed by atoms with van der Waals surface area (Å²) in [4.78, 5) is 29.1. The van der Waals surface area contributed by atoms with Crippen LogP contribution in [0.5, 0.6) is 11.5 Å². The van der Waals surface area contributed by atoms with Gasteiger partial charge in [-0.25, -0.2) is 0 Å². The first-order valence-electron chi connectivity index (χ1n) is 19.6. The molecule has 0 saturated heterocycles. The maximum atomic E-state index is 14.6. The molecule has 0 atom stereocenters. The van der Waals surface area contributed by atoms with E-state index in [0.717, 1.165) is 33.4 Å². The van der Waals surface area contributed by atoms with Crippen LogP contribution in [0.1, 0.15) is 137 Å². The lowest BCUT2D eigenvalue weighted by Gasteiger charge is -2.29. The van der Waals surface area contributed by atoms with Gasteiger partial charge in [0.05, 0.1) is 22.5 Å². The Kier molecular flexibility index (Phi) is 12.2. The Bertz CT molecular complexity index is 2000. The Morgan fingerprint density at radius 3 is 1.07 bits per heavy atom. The van der Waals surface area contributed by atoms with E-state index in [2.05, 4.69) is 106 Å². The highest BCUT2D eigenvalue weighted by molar-refractivity contribution is 6.12. The van der Waals surface area contributed by atoms with E-state index in [-0.39, 0.29) is 33.5 Å². The second-order valence-corrected chi connectivity index (χ2v) is 18.8. The zero-order chi connectivity index (χ0) is 41.1. The zero-order valence-corrected chi connectivity index (χ0v) is 35.4. The summed E-state index contributed by atoms with van der Waals surface area (Å²) in [7, 11) is 0. The third-order valence-corrected chi connectivity index (χ3v) is 9.89. The van der Waals surface area contributed by atoms with Gasteiger partial charge in [0.1, 0.15) is 24.7 Å². The third kappa shape index (κ3) is 10.3. The zero-order valence-electron chi connectivity index (χ0n) is 35.4. The average Bonchev–Trinajstić information content (AvgIpc) is 3.12. The molecule has 0 heterocycles. The van der Waals surface area contributed by atoms with Crippen LogP contribution in [0, 0.1) is 0 Å². The van der Waals surface area contributed by atoms with Crippen molar-refractivity contribution in [2.45, 2.75) is 118 Å². The van der Waals surface area contributed by atoms with Crippen LogP contribution in [-0.4, -0.2) is 11.8 Å². The third-order valence-electron chi connectivity index (χ3n) is 9.89. The molecule has 2 amide bonds. The minimum absolute atomic E-state index is 0.230. The molecule has 0 spiro atoms. The maximum Gasteiger partial charge on any atom is 0.259 e. The summed E-state index contributed by atoms with van der Waals surface area (Å²) < 4.78 is 13.1. The number of nitrogens with one attached hydrogen (secondary N) is 2. The molecule has 5 rings (SSSR count). The van der Waals surface area contributed by atoms with Crippen molar-refractivity contribution >= 4 is 23.2 Å². The van der Waals surface area contributed by atoms with Gasteiger partial charge < -0.3 is 20.1 Å². The molecule has 5 aromatic rings. The molecule has 56 heavy (non-hydrogen) atoms. The van der Waals surface area contributed by atoms with Crippen LogP contribution in [0.4, 0.5) is 11.4 Å². The van der Waals surface area contributed by atoms with Gasteiger partial charge in [-0.05, 0) is 68.2 Å². The van der Waals surface area contributed by atoms with E-state index in [9.17, 15) is 9.59 Å². The minimum atomic E-state index is -0.331. The lowest BCUT2D eigenvalue weighted by molar-refractivity contribution is 0.101. The van der Waals surface area contributed by atoms with Crippen molar-refractivity contribution in [3.63, 3.8) is 0 Å². The summed E-state index contributed by atoms with van der Waals surface area (Å²) in [6.45, 7) is 26.3. The van der Waals surface area contributed by atoms with Gasteiger partial charge >= 0.3 is 0 Å². The molecule has 5 aromatic carbocycles. The summed E-state index contributed by atoms with van der Waals surface area (Å²) in [5, 5.41) is 6.29. The van der Waals surface area contributed by atoms with Crippen molar-refractivity contribution in [3.05, 3.63) is 154 Å². The Morgan fingerprint density at radius 1 is 0.446 bits per heavy atom. The van der Waals surface area contributed by atoms with Crippen LogP contribution in [0.2, 0.25) is 0 Å². The van der Waals surface area contributed by atoms with Gasteiger partial charge in [-0.1, -0.05) is 168 Å². The van der Waals surface area contributed by atoms with E-state index < -0.39 is 0 Å². The van der Waals surface area contributed by atoms with Gasteiger partial charge in [-0.2, -0.15) is 0 Å². The van der Waals surface area contributed by atoms with Crippen molar-refractivity contribution in [2.24, 2.45) is 0 Å². The molecule has 0 aromatic heterocycles. The average molecular weight is 753 g/mol. The fourth-order valence-electron chi connectivity index (χ4n) is 6.43. The quantitative estimate of drug-likeness (QED) is 0.149. The van der Waals surface area contributed by atoms with Gasteiger partial charge in [-0.3, -0.25) is 9.59 Å². The number of carbonyl (C=O) groups is 2. The second-order valence-electron chi connectivity index (χ2n) is 18.8. The fourth-order valence-corrected chi connectivity index (χ4v) is 6.43. The van der Waals surface area contributed by atoms with Gasteiger partial charge in [-0.15, -0.1) is 0 Å². The van der Waals surface area contributed by atoms with Gasteiger partial charge in [0, 0.05) is 11.1 Å². The van der Waals surface area contributed by atoms with E-state index in [1.54, 1.807) is 12.1 Å². The van der Waals surface area contributed by atoms with Crippen molar-refractivity contribution in [3.8, 4) is 11.5 Å². The standard InChI is InChI=1S/C50H60N2O4/c1-47(2,3)35-27-37(43(39(29-35)49(7,8)9)55-31-33-21-15-13-16-22-33)45(53)51-41-25-19-20-26-42(41)52-46(54)38-28-36(48(4,5)6)30-40(50(10,11)12)44(38)56-32-34-23-17-14-18-24-34/h13-30H,31-32H2,1-12H3,(H,51,53)(H,52,54). The molecule has 2 N–H and O–H groups in total. The van der Waals surface area contributed by atoms with E-state index >= 15 is 0 Å². The predicted octanol–water partition coefficient (Wildman–Crippen LogP) is 12.5. The summed E-state index contributed by atoms with van der Waals surface area (Å²) in [5.74, 6) is 0.426. The van der Waals surface area contributed by atoms with Gasteiger partial charge in [0.15, 0.2) is 0 Å². The first-order valence-corrected chi connectivity index (χ1v) is 19.6. The largest absolute Gasteiger partial charge is 0.488 e. The SMILES string of the molecule is CC(C)(C)c1cc(C(=O)Nc2ccccc2NC(=O)c2cc(C(C)(C)C)cc(C(C)(C)C)c2OCc2ccccc2)c(OCc2ccccc2)c(C(C)(C)C)c1. The second kappa shape index (κ2) is 16.4. The van der Waals surface area contributed by atoms with Crippen LogP contribution >= 0.6 is 0 Å². The Balaban J connectivity index is 1.56. The number of rotatable bonds is 10. The highest BCUT2D eigenvalue weighted by Crippen LogP contribution is 2.41. The van der Waals surface area contributed by atoms with Crippen LogP contribution in [0.25, 0.3) is 0 Å². The van der Waals surface area contributed by atoms with E-state index in [0.29, 0.717) is 47.2 Å². The Morgan fingerprint density at radius 2 is 0.768 bits per heavy atom. The lowest BCUT2D eigenvalue weighted by atomic mass is 9.78. The molecule has 6 nitrogen and oxygen atoms in total. The highest BCUT2D eigenvalue weighted by atomic mass is 16.5. The topological polar surface area (TPSA) is 76.7 Å². The van der Waals surface area contributed by atoms with Crippen molar-refractivity contribution < 1.29 is 19.1 Å². The molecule has 0 saturated carbocycles. The highest BCUT2D eigenvalue weighted by Gasteiger charge is 2.31. The number of hydrogen-bond donors (Lipinski definition) is 2. The first kappa shape index (κ1) is 41.8. The van der Waals surface area contributed by atoms with Crippen LogP contribution in [0.3, 0.4) is 0 Å². The molecule has 0 fully saturated rings. The number of amides is 2. The summed E-state index contributed by atoms with van der Waals surface area (Å²) >= 11 is 0. The molecular weight excluding hydrogens is 693 g/mol. The summed E-state index contributed by atoms with van der Waals surface area (Å²) in [5.41, 5.74) is 6.66. The molecule has 0 aliphatic carbocycles. The molecule has 0 aliphatic heterocycles. The smallest absolute Gasteiger partial charge is 0.259 e. The lowest BCUT2D eigenvalue weighted by Crippen LogP contribution is -2.24. The molecule has 0 radical (unpaired) electrons. The minimum Gasteiger partial charge on any atom is -0.488 e. The molecular formula is C50H60N2O4. The fraction of sp³-hybridized carbons (Fsp3) is 0.360. The van der Waals surface area contributed by atoms with Crippen molar-refractivity contribution in [1.82, 2.24) is 0 Å². The monoisotopic (exact) mass is 752 g/mol. The first-order chi connectivity index (χ1) is 26.1. The van der Waals surface area contributed by atoms with Crippen LogP contribution in [0.15, 0.2) is 109 Å². The molecule has 294 valence electrons. The normalized spacial score (nSPS) is 12.2. The number of carbonyl (C=O) groups excluding carboxylic acids is 2. The van der Waals surface area contributed by atoms with Gasteiger partial charge in [0.2, 0.25) is 0 Å². The van der Waals surface area contributed by atoms with Crippen LogP contribution in [-0.2, 0) is 34.9 Å². The Labute approximate surface area is 335 Å². The number of ether oxygens (including phenoxy) is 2. The van der Waals surface area contributed by atoms with E-state index in [4.69, 9.17) is 9.47 Å².